The van der Waals surface area contributed by atoms with Gasteiger partial charge in [-0.3, -0.25) is 0 Å². The highest BCUT2D eigenvalue weighted by Crippen LogP contribution is 2.22. The summed E-state index contributed by atoms with van der Waals surface area (Å²) in [4.78, 5) is 6.92. The van der Waals surface area contributed by atoms with Gasteiger partial charge in [-0.2, -0.15) is 0 Å². The predicted molar refractivity (Wildman–Crippen MR) is 71.0 cm³/mol. The maximum absolute atomic E-state index is 4.51. The lowest BCUT2D eigenvalue weighted by molar-refractivity contribution is 0.463. The van der Waals surface area contributed by atoms with Crippen LogP contribution >= 0.6 is 15.9 Å². The van der Waals surface area contributed by atoms with Crippen molar-refractivity contribution in [1.29, 1.82) is 0 Å². The molecule has 0 aromatic carbocycles. The summed E-state index contributed by atoms with van der Waals surface area (Å²) in [6.45, 7) is 7.50. The van der Waals surface area contributed by atoms with E-state index in [1.54, 1.807) is 0 Å². The van der Waals surface area contributed by atoms with Crippen molar-refractivity contribution in [1.82, 2.24) is 10.3 Å². The van der Waals surface area contributed by atoms with Crippen molar-refractivity contribution in [3.8, 4) is 0 Å². The van der Waals surface area contributed by atoms with Crippen LogP contribution < -0.4 is 10.2 Å². The van der Waals surface area contributed by atoms with Gasteiger partial charge in [0.2, 0.25) is 0 Å². The Morgan fingerprint density at radius 2 is 2.44 bits per heavy atom. The van der Waals surface area contributed by atoms with E-state index in [4.69, 9.17) is 0 Å². The van der Waals surface area contributed by atoms with Gasteiger partial charge in [-0.25, -0.2) is 4.98 Å². The van der Waals surface area contributed by atoms with Gasteiger partial charge in [0.15, 0.2) is 0 Å². The average Bonchev–Trinajstić information content (AvgIpc) is 2.32. The number of piperazine rings is 1. The summed E-state index contributed by atoms with van der Waals surface area (Å²) in [5.41, 5.74) is 1.25. The summed E-state index contributed by atoms with van der Waals surface area (Å²) >= 11 is 3.49. The quantitative estimate of drug-likeness (QED) is 0.903. The van der Waals surface area contributed by atoms with Gasteiger partial charge in [-0.15, -0.1) is 0 Å². The molecule has 0 radical (unpaired) electrons. The Bertz CT molecular complexity index is 367. The largest absolute Gasteiger partial charge is 0.351 e. The number of nitrogens with one attached hydrogen (secondary N) is 1. The van der Waals surface area contributed by atoms with Crippen LogP contribution in [0.25, 0.3) is 0 Å². The van der Waals surface area contributed by atoms with E-state index in [0.717, 1.165) is 36.3 Å². The third-order valence-electron chi connectivity index (χ3n) is 3.15. The van der Waals surface area contributed by atoms with E-state index >= 15 is 0 Å². The van der Waals surface area contributed by atoms with E-state index in [1.165, 1.54) is 5.56 Å². The number of halogens is 1. The van der Waals surface area contributed by atoms with Gasteiger partial charge in [0.25, 0.3) is 0 Å². The molecular weight excluding hydrogens is 266 g/mol. The molecule has 2 heterocycles. The van der Waals surface area contributed by atoms with E-state index in [1.807, 2.05) is 6.20 Å². The molecule has 0 saturated carbocycles. The zero-order valence-corrected chi connectivity index (χ0v) is 11.4. The van der Waals surface area contributed by atoms with Crippen LogP contribution in [-0.4, -0.2) is 30.7 Å². The fourth-order valence-electron chi connectivity index (χ4n) is 2.11. The first kappa shape index (κ1) is 11.9. The second-order valence-electron chi connectivity index (χ2n) is 4.25. The van der Waals surface area contributed by atoms with Crippen molar-refractivity contribution >= 4 is 21.7 Å². The summed E-state index contributed by atoms with van der Waals surface area (Å²) in [7, 11) is 0. The van der Waals surface area contributed by atoms with Gasteiger partial charge in [0.1, 0.15) is 5.82 Å². The van der Waals surface area contributed by atoms with Gasteiger partial charge in [-0.1, -0.05) is 6.92 Å². The number of aromatic nitrogens is 1. The third-order valence-corrected chi connectivity index (χ3v) is 3.98. The van der Waals surface area contributed by atoms with E-state index in [0.29, 0.717) is 6.04 Å². The normalized spacial score (nSPS) is 21.2. The minimum Gasteiger partial charge on any atom is -0.351 e. The Morgan fingerprint density at radius 1 is 1.62 bits per heavy atom. The highest BCUT2D eigenvalue weighted by Gasteiger charge is 2.21. The molecule has 1 unspecified atom stereocenters. The van der Waals surface area contributed by atoms with E-state index in [2.05, 4.69) is 51.0 Å². The van der Waals surface area contributed by atoms with Crippen LogP contribution in [0.4, 0.5) is 5.82 Å². The molecule has 1 N–H and O–H groups in total. The molecule has 1 atom stereocenters. The number of aryl methyl sites for hydroxylation is 1. The molecule has 1 fully saturated rings. The molecule has 0 spiro atoms. The highest BCUT2D eigenvalue weighted by molar-refractivity contribution is 9.10. The summed E-state index contributed by atoms with van der Waals surface area (Å²) in [6.07, 6.45) is 3.06. The van der Waals surface area contributed by atoms with Crippen molar-refractivity contribution in [2.45, 2.75) is 26.3 Å². The Hall–Kier alpha value is -0.610. The van der Waals surface area contributed by atoms with Crippen LogP contribution in [0.2, 0.25) is 0 Å². The molecule has 1 aromatic heterocycles. The van der Waals surface area contributed by atoms with Gasteiger partial charge in [0, 0.05) is 36.3 Å². The number of hydrogen-bond acceptors (Lipinski definition) is 3. The van der Waals surface area contributed by atoms with Crippen molar-refractivity contribution in [2.24, 2.45) is 0 Å². The number of pyridine rings is 1. The molecule has 0 amide bonds. The predicted octanol–water partition coefficient (Wildman–Crippen LogP) is 2.34. The minimum absolute atomic E-state index is 0.571. The second kappa shape index (κ2) is 5.15. The van der Waals surface area contributed by atoms with Gasteiger partial charge in [-0.05, 0) is 40.9 Å². The fourth-order valence-corrected chi connectivity index (χ4v) is 2.33. The number of nitrogens with zero attached hydrogens (tertiary/aromatic N) is 2. The van der Waals surface area contributed by atoms with Crippen LogP contribution in [0.1, 0.15) is 18.9 Å². The van der Waals surface area contributed by atoms with Crippen LogP contribution in [0, 0.1) is 6.92 Å². The monoisotopic (exact) mass is 283 g/mol. The Kier molecular flexibility index (Phi) is 3.82. The standard InChI is InChI=1S/C12H18BrN3/c1-3-10-7-14-4-5-16(10)12-6-9(2)11(13)8-15-12/h6,8,10,14H,3-5,7H2,1-2H3. The zero-order chi connectivity index (χ0) is 11.5. The topological polar surface area (TPSA) is 28.2 Å². The molecule has 3 nitrogen and oxygen atoms in total. The molecule has 1 aliphatic rings. The average molecular weight is 284 g/mol. The molecule has 1 aromatic rings. The van der Waals surface area contributed by atoms with Crippen LogP contribution in [0.15, 0.2) is 16.7 Å². The Balaban J connectivity index is 2.23. The number of anilines is 1. The van der Waals surface area contributed by atoms with E-state index < -0.39 is 0 Å². The summed E-state index contributed by atoms with van der Waals surface area (Å²) < 4.78 is 1.08. The van der Waals surface area contributed by atoms with E-state index in [-0.39, 0.29) is 0 Å². The lowest BCUT2D eigenvalue weighted by Crippen LogP contribution is -2.51. The Labute approximate surface area is 105 Å². The fraction of sp³-hybridized carbons (Fsp3) is 0.583. The van der Waals surface area contributed by atoms with Crippen LogP contribution in [0.3, 0.4) is 0 Å². The van der Waals surface area contributed by atoms with Crippen LogP contribution in [-0.2, 0) is 0 Å². The minimum atomic E-state index is 0.571. The SMILES string of the molecule is CCC1CNCCN1c1cc(C)c(Br)cn1. The lowest BCUT2D eigenvalue weighted by atomic mass is 10.1. The zero-order valence-electron chi connectivity index (χ0n) is 9.83. The van der Waals surface area contributed by atoms with Crippen molar-refractivity contribution in [3.05, 3.63) is 22.3 Å². The van der Waals surface area contributed by atoms with Crippen molar-refractivity contribution < 1.29 is 0 Å². The molecule has 1 aliphatic heterocycles. The van der Waals surface area contributed by atoms with Crippen molar-refractivity contribution in [3.63, 3.8) is 0 Å². The van der Waals surface area contributed by atoms with Gasteiger partial charge < -0.3 is 10.2 Å². The molecule has 1 saturated heterocycles. The molecule has 88 valence electrons. The number of rotatable bonds is 2. The smallest absolute Gasteiger partial charge is 0.129 e. The Morgan fingerprint density at radius 3 is 3.12 bits per heavy atom. The third kappa shape index (κ3) is 2.38. The van der Waals surface area contributed by atoms with Crippen LogP contribution in [0.5, 0.6) is 0 Å². The maximum Gasteiger partial charge on any atom is 0.129 e. The molecule has 0 aliphatic carbocycles. The number of hydrogen-bond donors (Lipinski definition) is 1. The molecular formula is C12H18BrN3. The first-order chi connectivity index (χ1) is 7.72. The van der Waals surface area contributed by atoms with Gasteiger partial charge in [0.05, 0.1) is 0 Å². The maximum atomic E-state index is 4.51. The van der Waals surface area contributed by atoms with E-state index in [9.17, 15) is 0 Å². The van der Waals surface area contributed by atoms with Gasteiger partial charge >= 0.3 is 0 Å². The second-order valence-corrected chi connectivity index (χ2v) is 5.11. The summed E-state index contributed by atoms with van der Waals surface area (Å²) in [5, 5.41) is 3.43. The van der Waals surface area contributed by atoms with Crippen molar-refractivity contribution in [2.75, 3.05) is 24.5 Å². The highest BCUT2D eigenvalue weighted by atomic mass is 79.9. The first-order valence-corrected chi connectivity index (χ1v) is 6.61. The summed E-state index contributed by atoms with van der Waals surface area (Å²) in [5.74, 6) is 1.11. The summed E-state index contributed by atoms with van der Waals surface area (Å²) in [6, 6.07) is 2.74. The first-order valence-electron chi connectivity index (χ1n) is 5.82. The molecule has 16 heavy (non-hydrogen) atoms. The molecule has 2 rings (SSSR count). The molecule has 0 bridgehead atoms. The lowest BCUT2D eigenvalue weighted by Gasteiger charge is -2.36. The molecule has 4 heteroatoms.